The predicted octanol–water partition coefficient (Wildman–Crippen LogP) is 3.72. The summed E-state index contributed by atoms with van der Waals surface area (Å²) in [5.74, 6) is -0.263. The van der Waals surface area contributed by atoms with Crippen LogP contribution in [0.4, 0.5) is 8.78 Å². The average molecular weight is 354 g/mol. The van der Waals surface area contributed by atoms with Gasteiger partial charge < -0.3 is 4.74 Å². The van der Waals surface area contributed by atoms with Crippen LogP contribution in [0.3, 0.4) is 0 Å². The lowest BCUT2D eigenvalue weighted by Gasteiger charge is -2.07. The Morgan fingerprint density at radius 2 is 2.18 bits per heavy atom. The minimum Gasteiger partial charge on any atom is -0.466 e. The highest BCUT2D eigenvalue weighted by atomic mass is 127. The predicted molar refractivity (Wildman–Crippen MR) is 69.1 cm³/mol. The van der Waals surface area contributed by atoms with Crippen molar-refractivity contribution in [2.45, 2.75) is 26.2 Å². The van der Waals surface area contributed by atoms with Crippen molar-refractivity contribution in [3.05, 3.63) is 32.9 Å². The Kier molecular flexibility index (Phi) is 5.80. The van der Waals surface area contributed by atoms with E-state index >= 15 is 0 Å². The molecule has 0 N–H and O–H groups in total. The maximum atomic E-state index is 12.4. The fourth-order valence-corrected chi connectivity index (χ4v) is 2.18. The Labute approximate surface area is 112 Å². The number of ether oxygens (including phenoxy) is 1. The van der Waals surface area contributed by atoms with Crippen LogP contribution in [-0.4, -0.2) is 12.6 Å². The van der Waals surface area contributed by atoms with Gasteiger partial charge in [0.25, 0.3) is 6.43 Å². The van der Waals surface area contributed by atoms with Crippen LogP contribution in [0, 0.1) is 3.57 Å². The first kappa shape index (κ1) is 14.3. The molecule has 1 aromatic carbocycles. The number of esters is 1. The molecule has 0 saturated carbocycles. The lowest BCUT2D eigenvalue weighted by atomic mass is 10.1. The van der Waals surface area contributed by atoms with Crippen molar-refractivity contribution in [2.24, 2.45) is 0 Å². The molecule has 0 heterocycles. The molecule has 0 aliphatic heterocycles. The van der Waals surface area contributed by atoms with E-state index in [-0.39, 0.29) is 18.0 Å². The second kappa shape index (κ2) is 6.88. The number of carbonyl (C=O) groups is 1. The molecule has 0 aliphatic carbocycles. The van der Waals surface area contributed by atoms with Crippen LogP contribution >= 0.6 is 22.6 Å². The Morgan fingerprint density at radius 1 is 1.47 bits per heavy atom. The summed E-state index contributed by atoms with van der Waals surface area (Å²) in [5, 5.41) is 0. The molecule has 17 heavy (non-hydrogen) atoms. The quantitative estimate of drug-likeness (QED) is 0.595. The summed E-state index contributed by atoms with van der Waals surface area (Å²) in [4.78, 5) is 11.2. The van der Waals surface area contributed by atoms with Crippen molar-refractivity contribution in [1.29, 1.82) is 0 Å². The molecule has 0 bridgehead atoms. The molecule has 0 aromatic heterocycles. The van der Waals surface area contributed by atoms with Crippen LogP contribution in [0.2, 0.25) is 0 Å². The van der Waals surface area contributed by atoms with Gasteiger partial charge in [-0.25, -0.2) is 8.78 Å². The molecule has 5 heteroatoms. The molecule has 0 unspecified atom stereocenters. The van der Waals surface area contributed by atoms with Crippen LogP contribution in [0.25, 0.3) is 0 Å². The zero-order valence-corrected chi connectivity index (χ0v) is 11.5. The molecule has 0 radical (unpaired) electrons. The van der Waals surface area contributed by atoms with E-state index in [0.29, 0.717) is 13.0 Å². The van der Waals surface area contributed by atoms with E-state index < -0.39 is 6.43 Å². The van der Waals surface area contributed by atoms with Crippen LogP contribution in [0.15, 0.2) is 18.2 Å². The van der Waals surface area contributed by atoms with Gasteiger partial charge in [-0.2, -0.15) is 0 Å². The molecule has 94 valence electrons. The molecule has 0 amide bonds. The van der Waals surface area contributed by atoms with Gasteiger partial charge in [0.05, 0.1) is 6.61 Å². The van der Waals surface area contributed by atoms with E-state index in [2.05, 4.69) is 0 Å². The minimum atomic E-state index is -2.46. The van der Waals surface area contributed by atoms with Gasteiger partial charge in [0.1, 0.15) is 0 Å². The highest BCUT2D eigenvalue weighted by Crippen LogP contribution is 2.23. The van der Waals surface area contributed by atoms with E-state index in [1.165, 1.54) is 12.1 Å². The highest BCUT2D eigenvalue weighted by Gasteiger charge is 2.10. The number of benzene rings is 1. The van der Waals surface area contributed by atoms with Gasteiger partial charge in [-0.3, -0.25) is 4.79 Å². The van der Waals surface area contributed by atoms with E-state index in [4.69, 9.17) is 4.74 Å². The third kappa shape index (κ3) is 4.57. The highest BCUT2D eigenvalue weighted by molar-refractivity contribution is 14.1. The maximum absolute atomic E-state index is 12.4. The van der Waals surface area contributed by atoms with Crippen LogP contribution in [0.5, 0.6) is 0 Å². The molecule has 0 aliphatic rings. The first-order valence-electron chi connectivity index (χ1n) is 5.26. The summed E-state index contributed by atoms with van der Waals surface area (Å²) >= 11 is 2.00. The Bertz CT molecular complexity index is 394. The van der Waals surface area contributed by atoms with Crippen molar-refractivity contribution >= 4 is 28.6 Å². The Morgan fingerprint density at radius 3 is 2.71 bits per heavy atom. The first-order chi connectivity index (χ1) is 8.04. The summed E-state index contributed by atoms with van der Waals surface area (Å²) < 4.78 is 30.4. The fourth-order valence-electron chi connectivity index (χ4n) is 1.37. The lowest BCUT2D eigenvalue weighted by molar-refractivity contribution is -0.143. The van der Waals surface area contributed by atoms with Crippen molar-refractivity contribution in [3.8, 4) is 0 Å². The second-order valence-electron chi connectivity index (χ2n) is 3.46. The van der Waals surface area contributed by atoms with Crippen LogP contribution in [-0.2, 0) is 16.0 Å². The van der Waals surface area contributed by atoms with Crippen molar-refractivity contribution in [1.82, 2.24) is 0 Å². The van der Waals surface area contributed by atoms with E-state index in [1.807, 2.05) is 22.6 Å². The van der Waals surface area contributed by atoms with E-state index in [0.717, 1.165) is 9.13 Å². The molecule has 2 nitrogen and oxygen atoms in total. The summed E-state index contributed by atoms with van der Waals surface area (Å²) in [6.07, 6.45) is -1.67. The molecular weight excluding hydrogens is 341 g/mol. The Balaban J connectivity index is 2.63. The summed E-state index contributed by atoms with van der Waals surface area (Å²) in [5.41, 5.74) is 0.900. The third-order valence-electron chi connectivity index (χ3n) is 2.23. The largest absolute Gasteiger partial charge is 0.466 e. The normalized spacial score (nSPS) is 10.6. The minimum absolute atomic E-state index is 0.00860. The lowest BCUT2D eigenvalue weighted by Crippen LogP contribution is -2.06. The van der Waals surface area contributed by atoms with Crippen LogP contribution < -0.4 is 0 Å². The summed E-state index contributed by atoms with van der Waals surface area (Å²) in [6.45, 7) is 2.11. The van der Waals surface area contributed by atoms with Crippen molar-refractivity contribution in [2.75, 3.05) is 6.61 Å². The van der Waals surface area contributed by atoms with Gasteiger partial charge in [0.15, 0.2) is 0 Å². The first-order valence-corrected chi connectivity index (χ1v) is 6.34. The molecular formula is C12H13F2IO2. The molecule has 1 aromatic rings. The molecule has 0 saturated heterocycles. The topological polar surface area (TPSA) is 26.3 Å². The second-order valence-corrected chi connectivity index (χ2v) is 4.62. The number of hydrogen-bond donors (Lipinski definition) is 0. The van der Waals surface area contributed by atoms with E-state index in [9.17, 15) is 13.6 Å². The number of alkyl halides is 2. The number of rotatable bonds is 5. The average Bonchev–Trinajstić information content (AvgIpc) is 2.27. The monoisotopic (exact) mass is 354 g/mol. The van der Waals surface area contributed by atoms with Gasteiger partial charge in [0, 0.05) is 15.6 Å². The fraction of sp³-hybridized carbons (Fsp3) is 0.417. The van der Waals surface area contributed by atoms with Crippen molar-refractivity contribution in [3.63, 3.8) is 0 Å². The number of halogens is 3. The van der Waals surface area contributed by atoms with Gasteiger partial charge in [-0.05, 0) is 47.6 Å². The van der Waals surface area contributed by atoms with Gasteiger partial charge >= 0.3 is 5.97 Å². The smallest absolute Gasteiger partial charge is 0.306 e. The number of hydrogen-bond acceptors (Lipinski definition) is 2. The summed E-state index contributed by atoms with van der Waals surface area (Å²) in [7, 11) is 0. The summed E-state index contributed by atoms with van der Waals surface area (Å²) in [6, 6.07) is 4.49. The number of aryl methyl sites for hydroxylation is 1. The SMILES string of the molecule is CCOC(=O)CCc1ccc(C(F)F)cc1I. The third-order valence-corrected chi connectivity index (χ3v) is 3.24. The zero-order valence-electron chi connectivity index (χ0n) is 9.38. The molecule has 0 atom stereocenters. The molecule has 0 spiro atoms. The van der Waals surface area contributed by atoms with Gasteiger partial charge in [0.2, 0.25) is 0 Å². The Hall–Kier alpha value is -0.720. The van der Waals surface area contributed by atoms with Crippen molar-refractivity contribution < 1.29 is 18.3 Å². The molecule has 1 rings (SSSR count). The maximum Gasteiger partial charge on any atom is 0.306 e. The molecule has 0 fully saturated rings. The van der Waals surface area contributed by atoms with E-state index in [1.54, 1.807) is 13.0 Å². The number of carbonyl (C=O) groups excluding carboxylic acids is 1. The van der Waals surface area contributed by atoms with Gasteiger partial charge in [-0.15, -0.1) is 0 Å². The zero-order chi connectivity index (χ0) is 12.8. The van der Waals surface area contributed by atoms with Gasteiger partial charge in [-0.1, -0.05) is 12.1 Å². The van der Waals surface area contributed by atoms with Crippen LogP contribution in [0.1, 0.15) is 30.9 Å². The standard InChI is InChI=1S/C12H13F2IO2/c1-2-17-11(16)6-5-8-3-4-9(12(13)14)7-10(8)15/h3-4,7,12H,2,5-6H2,1H3.